The van der Waals surface area contributed by atoms with Gasteiger partial charge in [0.05, 0.1) is 6.61 Å². The molecule has 1 fully saturated rings. The molecule has 80 valence electrons. The first-order chi connectivity index (χ1) is 6.61. The second kappa shape index (κ2) is 4.50. The molecule has 0 radical (unpaired) electrons. The topological polar surface area (TPSA) is 93.1 Å². The van der Waals surface area contributed by atoms with Crippen LogP contribution < -0.4 is 0 Å². The third-order valence-electron chi connectivity index (χ3n) is 1.91. The second-order valence-corrected chi connectivity index (χ2v) is 2.86. The van der Waals surface area contributed by atoms with Gasteiger partial charge in [-0.2, -0.15) is 0 Å². The van der Waals surface area contributed by atoms with E-state index < -0.39 is 36.7 Å². The van der Waals surface area contributed by atoms with Crippen LogP contribution in [-0.2, 0) is 19.1 Å². The molecule has 1 saturated heterocycles. The van der Waals surface area contributed by atoms with Crippen molar-refractivity contribution in [2.75, 3.05) is 13.2 Å². The van der Waals surface area contributed by atoms with Gasteiger partial charge in [0.25, 0.3) is 5.78 Å². The maximum absolute atomic E-state index is 11.1. The van der Waals surface area contributed by atoms with E-state index in [1.807, 2.05) is 0 Å². The Bertz CT molecular complexity index is 238. The van der Waals surface area contributed by atoms with Crippen molar-refractivity contribution < 1.29 is 29.3 Å². The fraction of sp³-hybridized carbons (Fsp3) is 0.750. The normalized spacial score (nSPS) is 29.1. The quantitative estimate of drug-likeness (QED) is 0.416. The number of hydrogen-bond donors (Lipinski definition) is 2. The molecular formula is C8H12O6. The van der Waals surface area contributed by atoms with Crippen LogP contribution in [0, 0.1) is 0 Å². The van der Waals surface area contributed by atoms with E-state index in [0.29, 0.717) is 0 Å². The van der Waals surface area contributed by atoms with E-state index in [2.05, 4.69) is 4.74 Å². The van der Waals surface area contributed by atoms with Gasteiger partial charge in [-0.15, -0.1) is 0 Å². The lowest BCUT2D eigenvalue weighted by atomic mass is 10.1. The van der Waals surface area contributed by atoms with Crippen LogP contribution in [0.5, 0.6) is 0 Å². The predicted octanol–water partition coefficient (Wildman–Crippen LogP) is -1.76. The molecule has 3 unspecified atom stereocenters. The molecule has 6 heteroatoms. The highest BCUT2D eigenvalue weighted by Gasteiger charge is 2.47. The van der Waals surface area contributed by atoms with Gasteiger partial charge in [0, 0.05) is 6.61 Å². The molecule has 0 aromatic rings. The molecule has 1 aliphatic heterocycles. The molecule has 0 aromatic carbocycles. The number of carbonyl (C=O) groups is 2. The van der Waals surface area contributed by atoms with E-state index in [0.717, 1.165) is 0 Å². The Hall–Kier alpha value is -0.980. The molecule has 1 rings (SSSR count). The molecule has 0 saturated carbocycles. The maximum Gasteiger partial charge on any atom is 0.378 e. The number of Topliss-reactive ketones (excluding diaryl/α,β-unsaturated/α-hetero) is 1. The van der Waals surface area contributed by atoms with E-state index in [4.69, 9.17) is 9.84 Å². The average molecular weight is 204 g/mol. The summed E-state index contributed by atoms with van der Waals surface area (Å²) in [5.74, 6) is -1.84. The van der Waals surface area contributed by atoms with Gasteiger partial charge >= 0.3 is 5.97 Å². The second-order valence-electron chi connectivity index (χ2n) is 2.86. The Balaban J connectivity index is 2.74. The Kier molecular flexibility index (Phi) is 3.56. The van der Waals surface area contributed by atoms with Crippen molar-refractivity contribution in [1.82, 2.24) is 0 Å². The molecule has 3 atom stereocenters. The fourth-order valence-corrected chi connectivity index (χ4v) is 1.24. The summed E-state index contributed by atoms with van der Waals surface area (Å²) in [6.45, 7) is 1.29. The lowest BCUT2D eigenvalue weighted by Gasteiger charge is -2.19. The Labute approximate surface area is 80.4 Å². The van der Waals surface area contributed by atoms with Crippen molar-refractivity contribution in [3.63, 3.8) is 0 Å². The van der Waals surface area contributed by atoms with E-state index >= 15 is 0 Å². The van der Waals surface area contributed by atoms with Crippen LogP contribution in [0.25, 0.3) is 0 Å². The van der Waals surface area contributed by atoms with Crippen molar-refractivity contribution in [1.29, 1.82) is 0 Å². The molecule has 2 N–H and O–H groups in total. The SMILES string of the molecule is CCOC1C(=O)C(=O)OC1C(O)CO. The molecule has 14 heavy (non-hydrogen) atoms. The summed E-state index contributed by atoms with van der Waals surface area (Å²) < 4.78 is 9.52. The number of rotatable bonds is 4. The number of carbonyl (C=O) groups excluding carboxylic acids is 2. The van der Waals surface area contributed by atoms with Crippen LogP contribution in [0.2, 0.25) is 0 Å². The van der Waals surface area contributed by atoms with Gasteiger partial charge < -0.3 is 19.7 Å². The number of hydrogen-bond acceptors (Lipinski definition) is 6. The Morgan fingerprint density at radius 1 is 1.57 bits per heavy atom. The van der Waals surface area contributed by atoms with Crippen LogP contribution in [0.3, 0.4) is 0 Å². The standard InChI is InChI=1S/C8H12O6/c1-2-13-7-5(11)8(12)14-6(7)4(10)3-9/h4,6-7,9-10H,2-3H2,1H3. The summed E-state index contributed by atoms with van der Waals surface area (Å²) >= 11 is 0. The molecule has 6 nitrogen and oxygen atoms in total. The van der Waals surface area contributed by atoms with Crippen molar-refractivity contribution in [2.45, 2.75) is 25.2 Å². The summed E-state index contributed by atoms with van der Waals surface area (Å²) in [5.41, 5.74) is 0. The van der Waals surface area contributed by atoms with Crippen molar-refractivity contribution >= 4 is 11.8 Å². The number of ether oxygens (including phenoxy) is 2. The highest BCUT2D eigenvalue weighted by atomic mass is 16.6. The predicted molar refractivity (Wildman–Crippen MR) is 43.4 cm³/mol. The third kappa shape index (κ3) is 1.92. The van der Waals surface area contributed by atoms with Gasteiger partial charge in [-0.3, -0.25) is 4.79 Å². The average Bonchev–Trinajstić information content (AvgIpc) is 2.45. The number of esters is 1. The number of aliphatic hydroxyl groups excluding tert-OH is 2. The van der Waals surface area contributed by atoms with Crippen LogP contribution >= 0.6 is 0 Å². The first-order valence-electron chi connectivity index (χ1n) is 4.27. The Morgan fingerprint density at radius 2 is 2.21 bits per heavy atom. The molecule has 0 amide bonds. The van der Waals surface area contributed by atoms with Gasteiger partial charge in [-0.25, -0.2) is 4.79 Å². The largest absolute Gasteiger partial charge is 0.450 e. The molecular weight excluding hydrogens is 192 g/mol. The molecule has 0 spiro atoms. The zero-order valence-electron chi connectivity index (χ0n) is 7.67. The van der Waals surface area contributed by atoms with Crippen LogP contribution in [0.1, 0.15) is 6.92 Å². The van der Waals surface area contributed by atoms with Crippen LogP contribution in [-0.4, -0.2) is 53.5 Å². The summed E-state index contributed by atoms with van der Waals surface area (Å²) in [5, 5.41) is 17.9. The van der Waals surface area contributed by atoms with Gasteiger partial charge in [-0.05, 0) is 6.92 Å². The minimum Gasteiger partial charge on any atom is -0.450 e. The van der Waals surface area contributed by atoms with Gasteiger partial charge in [-0.1, -0.05) is 0 Å². The minimum absolute atomic E-state index is 0.224. The van der Waals surface area contributed by atoms with Crippen LogP contribution in [0.15, 0.2) is 0 Å². The van der Waals surface area contributed by atoms with E-state index in [-0.39, 0.29) is 6.61 Å². The zero-order chi connectivity index (χ0) is 10.7. The summed E-state index contributed by atoms with van der Waals surface area (Å²) in [7, 11) is 0. The number of ketones is 1. The van der Waals surface area contributed by atoms with Crippen molar-refractivity contribution in [3.8, 4) is 0 Å². The minimum atomic E-state index is -1.29. The summed E-state index contributed by atoms with van der Waals surface area (Å²) in [6.07, 6.45) is -3.49. The molecule has 1 heterocycles. The first-order valence-corrected chi connectivity index (χ1v) is 4.27. The van der Waals surface area contributed by atoms with Crippen molar-refractivity contribution in [3.05, 3.63) is 0 Å². The van der Waals surface area contributed by atoms with E-state index in [1.165, 1.54) is 0 Å². The van der Waals surface area contributed by atoms with Crippen LogP contribution in [0.4, 0.5) is 0 Å². The summed E-state index contributed by atoms with van der Waals surface area (Å²) in [4.78, 5) is 22.0. The molecule has 0 bridgehead atoms. The summed E-state index contributed by atoms with van der Waals surface area (Å²) in [6, 6.07) is 0. The highest BCUT2D eigenvalue weighted by Crippen LogP contribution is 2.18. The van der Waals surface area contributed by atoms with Gasteiger partial charge in [0.15, 0.2) is 12.2 Å². The molecule has 0 aliphatic carbocycles. The lowest BCUT2D eigenvalue weighted by Crippen LogP contribution is -2.40. The van der Waals surface area contributed by atoms with Gasteiger partial charge in [0.2, 0.25) is 0 Å². The fourth-order valence-electron chi connectivity index (χ4n) is 1.24. The van der Waals surface area contributed by atoms with Gasteiger partial charge in [0.1, 0.15) is 6.10 Å². The zero-order valence-corrected chi connectivity index (χ0v) is 7.67. The number of cyclic esters (lactones) is 1. The molecule has 1 aliphatic rings. The highest BCUT2D eigenvalue weighted by molar-refractivity contribution is 6.37. The third-order valence-corrected chi connectivity index (χ3v) is 1.91. The van der Waals surface area contributed by atoms with E-state index in [1.54, 1.807) is 6.92 Å². The maximum atomic E-state index is 11.1. The monoisotopic (exact) mass is 204 g/mol. The Morgan fingerprint density at radius 3 is 2.71 bits per heavy atom. The smallest absolute Gasteiger partial charge is 0.378 e. The van der Waals surface area contributed by atoms with E-state index in [9.17, 15) is 14.7 Å². The first kappa shape index (κ1) is 11.1. The lowest BCUT2D eigenvalue weighted by molar-refractivity contribution is -0.152. The number of aliphatic hydroxyl groups is 2. The molecule has 0 aromatic heterocycles. The van der Waals surface area contributed by atoms with Crippen molar-refractivity contribution in [2.24, 2.45) is 0 Å².